The minimum atomic E-state index is -0.833. The van der Waals surface area contributed by atoms with Crippen LogP contribution in [0.1, 0.15) is 110 Å². The smallest absolute Gasteiger partial charge is 0.300 e. The Kier molecular flexibility index (Phi) is 29.3. The highest BCUT2D eigenvalue weighted by Gasteiger charge is 2.17. The van der Waals surface area contributed by atoms with Gasteiger partial charge in [-0.05, 0) is 97.2 Å². The molecule has 0 atom stereocenters. The molecule has 3 heterocycles. The van der Waals surface area contributed by atoms with Gasteiger partial charge in [-0.3, -0.25) is 9.59 Å². The van der Waals surface area contributed by atoms with Gasteiger partial charge in [0.1, 0.15) is 17.5 Å². The summed E-state index contributed by atoms with van der Waals surface area (Å²) in [6, 6.07) is 48.9. The van der Waals surface area contributed by atoms with Crippen LogP contribution in [-0.4, -0.2) is 102 Å². The standard InChI is InChI=1S/3C21H24FN7.2C2H4O2/c3*1-21(2,3)28-19-25-18(23-13-15-9-5-4-6-10-15)26-20(27-19)29-24-14-16-11-7-8-12-17(16)22;2*1-2(3)4/h3*4-12,14H,13H2,1-3H3,(H3,23,25,26,27,28,29);2*1H3,(H,3,4)/b3*24-14+;;. The van der Waals surface area contributed by atoms with Crippen molar-refractivity contribution in [2.24, 2.45) is 15.3 Å². The van der Waals surface area contributed by atoms with Crippen molar-refractivity contribution < 1.29 is 33.0 Å². The highest BCUT2D eigenvalue weighted by Crippen LogP contribution is 2.19. The third-order valence-electron chi connectivity index (χ3n) is 11.1. The van der Waals surface area contributed by atoms with Crippen LogP contribution in [0.5, 0.6) is 0 Å². The number of hydrogen-bond acceptors (Lipinski definition) is 23. The lowest BCUT2D eigenvalue weighted by Gasteiger charge is -2.21. The predicted molar refractivity (Wildman–Crippen MR) is 370 cm³/mol. The van der Waals surface area contributed by atoms with Crippen molar-refractivity contribution in [2.75, 3.05) is 48.2 Å². The zero-order valence-electron chi connectivity index (χ0n) is 54.7. The number of carbonyl (C=O) groups is 2. The number of nitrogens with one attached hydrogen (secondary N) is 9. The van der Waals surface area contributed by atoms with Gasteiger partial charge in [0, 0.05) is 66.8 Å². The fourth-order valence-electron chi connectivity index (χ4n) is 7.24. The van der Waals surface area contributed by atoms with Gasteiger partial charge in [-0.1, -0.05) is 146 Å². The normalized spacial score (nSPS) is 11.0. The molecule has 0 aliphatic carbocycles. The topological polar surface area (TPSA) is 336 Å². The molecule has 0 spiro atoms. The van der Waals surface area contributed by atoms with Crippen LogP contribution in [0.2, 0.25) is 0 Å². The number of carboxylic acids is 2. The lowest BCUT2D eigenvalue weighted by molar-refractivity contribution is -0.135. The summed E-state index contributed by atoms with van der Waals surface area (Å²) in [5, 5.41) is 46.2. The summed E-state index contributed by atoms with van der Waals surface area (Å²) < 4.78 is 41.1. The number of hydrogen-bond donors (Lipinski definition) is 11. The summed E-state index contributed by atoms with van der Waals surface area (Å²) in [6.45, 7) is 22.0. The fourth-order valence-corrected chi connectivity index (χ4v) is 7.24. The van der Waals surface area contributed by atoms with Crippen LogP contribution in [0.25, 0.3) is 0 Å². The molecule has 9 rings (SSSR count). The maximum Gasteiger partial charge on any atom is 0.300 e. The lowest BCUT2D eigenvalue weighted by atomic mass is 10.1. The van der Waals surface area contributed by atoms with E-state index in [1.165, 1.54) is 36.8 Å². The largest absolute Gasteiger partial charge is 0.481 e. The monoisotopic (exact) mass is 1300 g/mol. The van der Waals surface area contributed by atoms with Gasteiger partial charge in [0.2, 0.25) is 53.5 Å². The first-order valence-corrected chi connectivity index (χ1v) is 29.6. The molecule has 498 valence electrons. The van der Waals surface area contributed by atoms with E-state index in [-0.39, 0.29) is 51.9 Å². The zero-order chi connectivity index (χ0) is 69.2. The summed E-state index contributed by atoms with van der Waals surface area (Å²) >= 11 is 0. The van der Waals surface area contributed by atoms with E-state index in [0.29, 0.717) is 72.0 Å². The van der Waals surface area contributed by atoms with Gasteiger partial charge in [-0.25, -0.2) is 29.4 Å². The number of anilines is 9. The van der Waals surface area contributed by atoms with Crippen LogP contribution in [0.3, 0.4) is 0 Å². The first-order valence-electron chi connectivity index (χ1n) is 29.6. The molecule has 0 fully saturated rings. The SMILES string of the molecule is CC(=O)O.CC(=O)O.CC(C)(C)Nc1nc(NCc2ccccc2)nc(N/N=C/c2ccccc2F)n1.CC(C)(C)Nc1nc(NCc2ccccc2)nc(N/N=C/c2ccccc2F)n1.CC(C)(C)Nc1nc(NCc2ccccc2)nc(N/N=C/c2ccccc2F)n1. The van der Waals surface area contributed by atoms with Crippen LogP contribution >= 0.6 is 0 Å². The van der Waals surface area contributed by atoms with Crippen molar-refractivity contribution >= 4 is 84.1 Å². The second kappa shape index (κ2) is 37.6. The van der Waals surface area contributed by atoms with Gasteiger partial charge in [-0.2, -0.15) is 60.2 Å². The molecular formula is C67H80F3N21O4. The molecule has 0 saturated carbocycles. The van der Waals surface area contributed by atoms with Crippen LogP contribution < -0.4 is 48.2 Å². The summed E-state index contributed by atoms with van der Waals surface area (Å²) in [4.78, 5) is 57.3. The molecule has 28 heteroatoms. The van der Waals surface area contributed by atoms with E-state index in [9.17, 15) is 13.2 Å². The molecule has 25 nitrogen and oxygen atoms in total. The fraction of sp³-hybridized carbons (Fsp3) is 0.254. The molecule has 6 aromatic carbocycles. The molecule has 9 aromatic rings. The van der Waals surface area contributed by atoms with E-state index in [4.69, 9.17) is 19.8 Å². The summed E-state index contributed by atoms with van der Waals surface area (Å²) in [5.41, 5.74) is 11.9. The number of hydrazone groups is 3. The number of nitrogens with zero attached hydrogens (tertiary/aromatic N) is 12. The molecule has 0 amide bonds. The molecule has 11 N–H and O–H groups in total. The highest BCUT2D eigenvalue weighted by molar-refractivity contribution is 5.81. The summed E-state index contributed by atoms with van der Waals surface area (Å²) in [7, 11) is 0. The van der Waals surface area contributed by atoms with Gasteiger partial charge in [0.15, 0.2) is 0 Å². The zero-order valence-corrected chi connectivity index (χ0v) is 54.7. The Labute approximate surface area is 550 Å². The molecule has 0 radical (unpaired) electrons. The Morgan fingerprint density at radius 1 is 0.347 bits per heavy atom. The molecule has 0 aliphatic heterocycles. The minimum absolute atomic E-state index is 0.230. The quantitative estimate of drug-likeness (QED) is 0.0235. The van der Waals surface area contributed by atoms with E-state index in [1.54, 1.807) is 54.6 Å². The first kappa shape index (κ1) is 74.0. The number of aliphatic carboxylic acids is 2. The number of benzene rings is 6. The van der Waals surface area contributed by atoms with Crippen molar-refractivity contribution in [3.8, 4) is 0 Å². The molecule has 0 saturated heterocycles. The Morgan fingerprint density at radius 2 is 0.547 bits per heavy atom. The number of halogens is 3. The van der Waals surface area contributed by atoms with Crippen molar-refractivity contribution in [2.45, 2.75) is 112 Å². The minimum Gasteiger partial charge on any atom is -0.481 e. The Hall–Kier alpha value is -11.7. The van der Waals surface area contributed by atoms with Crippen LogP contribution in [0, 0.1) is 17.5 Å². The third-order valence-corrected chi connectivity index (χ3v) is 11.1. The second-order valence-electron chi connectivity index (χ2n) is 23.3. The van der Waals surface area contributed by atoms with Crippen molar-refractivity contribution in [1.29, 1.82) is 0 Å². The number of carboxylic acid groups (broad SMARTS) is 2. The second-order valence-corrected chi connectivity index (χ2v) is 23.3. The molecule has 0 aliphatic rings. The number of rotatable bonds is 21. The maximum atomic E-state index is 13.7. The van der Waals surface area contributed by atoms with E-state index < -0.39 is 11.9 Å². The predicted octanol–water partition coefficient (Wildman–Crippen LogP) is 13.0. The average Bonchev–Trinajstić information content (AvgIpc) is 1.00. The van der Waals surface area contributed by atoms with Crippen molar-refractivity contribution in [1.82, 2.24) is 44.9 Å². The maximum absolute atomic E-state index is 13.7. The molecular weight excluding hydrogens is 1220 g/mol. The molecule has 0 unspecified atom stereocenters. The van der Waals surface area contributed by atoms with Gasteiger partial charge in [-0.15, -0.1) is 0 Å². The van der Waals surface area contributed by atoms with E-state index >= 15 is 0 Å². The average molecular weight is 1300 g/mol. The van der Waals surface area contributed by atoms with E-state index in [1.807, 2.05) is 153 Å². The van der Waals surface area contributed by atoms with Crippen LogP contribution in [-0.2, 0) is 29.2 Å². The van der Waals surface area contributed by atoms with Crippen molar-refractivity contribution in [3.05, 3.63) is 215 Å². The Balaban J connectivity index is 0.000000243. The van der Waals surface area contributed by atoms with Gasteiger partial charge >= 0.3 is 0 Å². The molecule has 3 aromatic heterocycles. The molecule has 95 heavy (non-hydrogen) atoms. The van der Waals surface area contributed by atoms with Crippen LogP contribution in [0.4, 0.5) is 66.7 Å². The first-order chi connectivity index (χ1) is 45.1. The van der Waals surface area contributed by atoms with E-state index in [2.05, 4.69) is 108 Å². The summed E-state index contributed by atoms with van der Waals surface area (Å²) in [5.74, 6) is 0.444. The molecule has 0 bridgehead atoms. The van der Waals surface area contributed by atoms with Crippen LogP contribution in [0.15, 0.2) is 179 Å². The summed E-state index contributed by atoms with van der Waals surface area (Å²) in [6.07, 6.45) is 4.15. The van der Waals surface area contributed by atoms with Gasteiger partial charge in [0.25, 0.3) is 11.9 Å². The number of aromatic nitrogens is 9. The van der Waals surface area contributed by atoms with E-state index in [0.717, 1.165) is 30.5 Å². The third kappa shape index (κ3) is 31.7. The Morgan fingerprint density at radius 3 is 0.768 bits per heavy atom. The lowest BCUT2D eigenvalue weighted by Crippen LogP contribution is -2.28. The Bertz CT molecular complexity index is 3510. The van der Waals surface area contributed by atoms with Crippen molar-refractivity contribution in [3.63, 3.8) is 0 Å². The van der Waals surface area contributed by atoms with Gasteiger partial charge in [0.05, 0.1) is 18.6 Å². The highest BCUT2D eigenvalue weighted by atomic mass is 19.1. The van der Waals surface area contributed by atoms with Gasteiger partial charge < -0.3 is 42.1 Å².